The molecule has 17 heavy (non-hydrogen) atoms. The molecule has 1 heterocycles. The predicted molar refractivity (Wildman–Crippen MR) is 67.7 cm³/mol. The highest BCUT2D eigenvalue weighted by atomic mass is 16.3. The second-order valence-corrected chi connectivity index (χ2v) is 3.66. The third-order valence-electron chi connectivity index (χ3n) is 2.53. The summed E-state index contributed by atoms with van der Waals surface area (Å²) in [5, 5.41) is 0. The summed E-state index contributed by atoms with van der Waals surface area (Å²) in [6.45, 7) is 1.89. The summed E-state index contributed by atoms with van der Waals surface area (Å²) in [7, 11) is 0. The monoisotopic (exact) mass is 224 g/mol. The van der Waals surface area contributed by atoms with Crippen molar-refractivity contribution in [2.45, 2.75) is 13.3 Å². The van der Waals surface area contributed by atoms with Gasteiger partial charge in [-0.05, 0) is 17.2 Å². The van der Waals surface area contributed by atoms with Crippen LogP contribution >= 0.6 is 0 Å². The number of benzene rings is 1. The number of fused-ring (bicyclic) bond motifs is 1. The van der Waals surface area contributed by atoms with Gasteiger partial charge in [0.1, 0.15) is 11.3 Å². The Bertz CT molecular complexity index is 613. The lowest BCUT2D eigenvalue weighted by molar-refractivity contribution is 0.494. The van der Waals surface area contributed by atoms with Gasteiger partial charge < -0.3 is 4.42 Å². The molecule has 2 heteroatoms. The summed E-state index contributed by atoms with van der Waals surface area (Å²) >= 11 is 0. The molecule has 2 aliphatic rings. The van der Waals surface area contributed by atoms with Gasteiger partial charge in [0.25, 0.3) is 0 Å². The van der Waals surface area contributed by atoms with E-state index in [-0.39, 0.29) is 5.43 Å². The maximum absolute atomic E-state index is 11.0. The van der Waals surface area contributed by atoms with Crippen LogP contribution in [0.15, 0.2) is 45.8 Å². The minimum atomic E-state index is -0.143. The van der Waals surface area contributed by atoms with E-state index < -0.39 is 0 Å². The average Bonchev–Trinajstić information content (AvgIpc) is 2.96. The molecular formula is C15H12O2. The molecule has 3 rings (SSSR count). The third kappa shape index (κ3) is 2.46. The van der Waals surface area contributed by atoms with Gasteiger partial charge in [-0.25, -0.2) is 0 Å². The number of aryl methyl sites for hydroxylation is 1. The van der Waals surface area contributed by atoms with Gasteiger partial charge in [0.15, 0.2) is 0 Å². The molecule has 0 atom stereocenters. The van der Waals surface area contributed by atoms with E-state index in [4.69, 9.17) is 10.8 Å². The van der Waals surface area contributed by atoms with Gasteiger partial charge in [-0.2, -0.15) is 0 Å². The van der Waals surface area contributed by atoms with Crippen molar-refractivity contribution < 1.29 is 4.42 Å². The van der Waals surface area contributed by atoms with Crippen LogP contribution in [0.25, 0.3) is 11.1 Å². The second-order valence-electron chi connectivity index (χ2n) is 3.66. The highest BCUT2D eigenvalue weighted by molar-refractivity contribution is 5.80. The van der Waals surface area contributed by atoms with Crippen LogP contribution in [0, 0.1) is 12.3 Å². The molecule has 0 saturated heterocycles. The first-order valence-electron chi connectivity index (χ1n) is 5.44. The SMILES string of the molecule is C#Cc1c(CC)occc1=O.c1cc2cc-2c1. The van der Waals surface area contributed by atoms with E-state index in [1.54, 1.807) is 0 Å². The molecule has 84 valence electrons. The zero-order valence-electron chi connectivity index (χ0n) is 9.57. The first-order chi connectivity index (χ1) is 8.26. The number of hydrogen-bond acceptors (Lipinski definition) is 2. The summed E-state index contributed by atoms with van der Waals surface area (Å²) in [4.78, 5) is 11.0. The molecule has 2 nitrogen and oxygen atoms in total. The van der Waals surface area contributed by atoms with E-state index >= 15 is 0 Å². The highest BCUT2D eigenvalue weighted by Gasteiger charge is 2.07. The van der Waals surface area contributed by atoms with Crippen molar-refractivity contribution in [1.82, 2.24) is 0 Å². The Morgan fingerprint density at radius 2 is 2.00 bits per heavy atom. The molecule has 1 aromatic heterocycles. The Kier molecular flexibility index (Phi) is 3.11. The van der Waals surface area contributed by atoms with Crippen molar-refractivity contribution in [2.75, 3.05) is 0 Å². The van der Waals surface area contributed by atoms with Crippen LogP contribution in [0.3, 0.4) is 0 Å². The highest BCUT2D eigenvalue weighted by Crippen LogP contribution is 2.32. The minimum Gasteiger partial charge on any atom is -0.468 e. The molecule has 2 aliphatic carbocycles. The molecule has 0 unspecified atom stereocenters. The molecule has 0 saturated carbocycles. The lowest BCUT2D eigenvalue weighted by Gasteiger charge is -1.96. The molecule has 1 aromatic rings. The van der Waals surface area contributed by atoms with Crippen molar-refractivity contribution >= 4 is 0 Å². The van der Waals surface area contributed by atoms with Crippen molar-refractivity contribution in [3.8, 4) is 23.5 Å². The van der Waals surface area contributed by atoms with Crippen LogP contribution in [0.2, 0.25) is 0 Å². The Hall–Kier alpha value is -2.27. The van der Waals surface area contributed by atoms with E-state index in [0.29, 0.717) is 17.7 Å². The van der Waals surface area contributed by atoms with Gasteiger partial charge in [0.05, 0.1) is 6.26 Å². The van der Waals surface area contributed by atoms with Crippen LogP contribution < -0.4 is 5.43 Å². The smallest absolute Gasteiger partial charge is 0.200 e. The van der Waals surface area contributed by atoms with Crippen LogP contribution in [-0.2, 0) is 6.42 Å². The fourth-order valence-electron chi connectivity index (χ4n) is 1.54. The normalized spacial score (nSPS) is 9.88. The van der Waals surface area contributed by atoms with Gasteiger partial charge in [-0.1, -0.05) is 31.0 Å². The molecule has 0 amide bonds. The van der Waals surface area contributed by atoms with Gasteiger partial charge in [0.2, 0.25) is 5.43 Å². The Balaban J connectivity index is 0.000000148. The van der Waals surface area contributed by atoms with E-state index in [1.165, 1.54) is 23.5 Å². The second kappa shape index (κ2) is 4.71. The van der Waals surface area contributed by atoms with Crippen molar-refractivity contribution in [3.63, 3.8) is 0 Å². The molecule has 0 N–H and O–H groups in total. The van der Waals surface area contributed by atoms with Crippen LogP contribution in [-0.4, -0.2) is 0 Å². The van der Waals surface area contributed by atoms with Gasteiger partial charge in [-0.3, -0.25) is 4.79 Å². The first kappa shape index (κ1) is 11.2. The maximum atomic E-state index is 11.0. The molecular weight excluding hydrogens is 212 g/mol. The molecule has 0 radical (unpaired) electrons. The van der Waals surface area contributed by atoms with E-state index in [1.807, 2.05) is 6.92 Å². The summed E-state index contributed by atoms with van der Waals surface area (Å²) < 4.78 is 5.04. The maximum Gasteiger partial charge on any atom is 0.200 e. The van der Waals surface area contributed by atoms with E-state index in [9.17, 15) is 4.79 Å². The van der Waals surface area contributed by atoms with Gasteiger partial charge in [0, 0.05) is 12.5 Å². The summed E-state index contributed by atoms with van der Waals surface area (Å²) in [5.41, 5.74) is 3.05. The van der Waals surface area contributed by atoms with Crippen molar-refractivity contribution in [2.24, 2.45) is 0 Å². The standard InChI is InChI=1S/C9H8O2.C6H4/c1-3-7-8(10)5-6-11-9(7)4-2;1-2-5-4-6(5)3-1/h1,5-6H,4H2,2H3;1-4H. The largest absolute Gasteiger partial charge is 0.468 e. The predicted octanol–water partition coefficient (Wildman–Crippen LogP) is 2.85. The molecule has 0 fully saturated rings. The minimum absolute atomic E-state index is 0.143. The molecule has 0 aromatic carbocycles. The Morgan fingerprint density at radius 1 is 1.29 bits per heavy atom. The van der Waals surface area contributed by atoms with E-state index in [2.05, 4.69) is 30.2 Å². The fourth-order valence-corrected chi connectivity index (χ4v) is 1.54. The first-order valence-corrected chi connectivity index (χ1v) is 5.44. The van der Waals surface area contributed by atoms with Crippen molar-refractivity contribution in [3.05, 3.63) is 58.1 Å². The van der Waals surface area contributed by atoms with Gasteiger partial charge in [-0.15, -0.1) is 6.42 Å². The third-order valence-corrected chi connectivity index (χ3v) is 2.53. The van der Waals surface area contributed by atoms with Crippen LogP contribution in [0.4, 0.5) is 0 Å². The van der Waals surface area contributed by atoms with Crippen LogP contribution in [0.1, 0.15) is 18.2 Å². The summed E-state index contributed by atoms with van der Waals surface area (Å²) in [5.74, 6) is 2.89. The number of hydrogen-bond donors (Lipinski definition) is 0. The zero-order valence-corrected chi connectivity index (χ0v) is 9.57. The quantitative estimate of drug-likeness (QED) is 0.595. The summed E-state index contributed by atoms with van der Waals surface area (Å²) in [6, 6.07) is 9.81. The molecule has 0 bridgehead atoms. The van der Waals surface area contributed by atoms with E-state index in [0.717, 1.165) is 0 Å². The Labute approximate surface area is 99.9 Å². The Morgan fingerprint density at radius 3 is 2.35 bits per heavy atom. The zero-order chi connectivity index (χ0) is 12.3. The van der Waals surface area contributed by atoms with Crippen molar-refractivity contribution in [1.29, 1.82) is 0 Å². The van der Waals surface area contributed by atoms with Crippen LogP contribution in [0.5, 0.6) is 0 Å². The molecule has 0 spiro atoms. The topological polar surface area (TPSA) is 30.2 Å². The average molecular weight is 224 g/mol. The number of rotatable bonds is 1. The lowest BCUT2D eigenvalue weighted by Crippen LogP contribution is -2.06. The molecule has 0 aliphatic heterocycles. The summed E-state index contributed by atoms with van der Waals surface area (Å²) in [6.07, 6.45) is 7.13. The van der Waals surface area contributed by atoms with Gasteiger partial charge >= 0.3 is 0 Å². The lowest BCUT2D eigenvalue weighted by atomic mass is 10.2. The number of terminal acetylenes is 1. The fraction of sp³-hybridized carbons (Fsp3) is 0.133.